The SMILES string of the molecule is COc1cc2[nH]c3ncnc(N4CCN(C(=S)Cc5ccc(NC(=O)c6ccccc6)nc5)CC4)c3c2cc1OC. The van der Waals surface area contributed by atoms with Crippen LogP contribution in [0.15, 0.2) is 67.1 Å². The van der Waals surface area contributed by atoms with Crippen LogP contribution in [-0.4, -0.2) is 76.1 Å². The zero-order valence-electron chi connectivity index (χ0n) is 22.8. The second-order valence-corrected chi connectivity index (χ2v) is 10.2. The van der Waals surface area contributed by atoms with Crippen molar-refractivity contribution in [2.75, 3.05) is 50.6 Å². The molecule has 0 radical (unpaired) electrons. The second kappa shape index (κ2) is 11.4. The number of ether oxygens (including phenoxy) is 2. The molecule has 0 saturated carbocycles. The van der Waals surface area contributed by atoms with Gasteiger partial charge in [-0.05, 0) is 29.8 Å². The molecular weight excluding hydrogens is 538 g/mol. The van der Waals surface area contributed by atoms with Crippen LogP contribution in [-0.2, 0) is 6.42 Å². The first kappa shape index (κ1) is 26.5. The van der Waals surface area contributed by atoms with Crippen LogP contribution in [0.5, 0.6) is 11.5 Å². The highest BCUT2D eigenvalue weighted by Crippen LogP contribution is 2.38. The fourth-order valence-electron chi connectivity index (χ4n) is 5.11. The van der Waals surface area contributed by atoms with E-state index in [2.05, 4.69) is 35.1 Å². The van der Waals surface area contributed by atoms with Crippen LogP contribution in [0.3, 0.4) is 0 Å². The highest BCUT2D eigenvalue weighted by molar-refractivity contribution is 7.80. The summed E-state index contributed by atoms with van der Waals surface area (Å²) in [5, 5.41) is 4.78. The molecule has 3 aromatic heterocycles. The zero-order chi connectivity index (χ0) is 28.3. The molecule has 1 saturated heterocycles. The van der Waals surface area contributed by atoms with E-state index in [-0.39, 0.29) is 5.91 Å². The Labute approximate surface area is 242 Å². The van der Waals surface area contributed by atoms with Crippen LogP contribution in [0, 0.1) is 0 Å². The Morgan fingerprint density at radius 1 is 0.976 bits per heavy atom. The molecule has 0 aliphatic carbocycles. The van der Waals surface area contributed by atoms with E-state index >= 15 is 0 Å². The number of rotatable bonds is 7. The average Bonchev–Trinajstić information content (AvgIpc) is 3.39. The summed E-state index contributed by atoms with van der Waals surface area (Å²) in [5.74, 6) is 2.52. The minimum absolute atomic E-state index is 0.188. The number of aromatic amines is 1. The molecule has 1 aliphatic rings. The number of nitrogens with one attached hydrogen (secondary N) is 2. The number of anilines is 2. The van der Waals surface area contributed by atoms with Gasteiger partial charge in [0.05, 0.1) is 30.1 Å². The van der Waals surface area contributed by atoms with Gasteiger partial charge in [-0.1, -0.05) is 36.5 Å². The van der Waals surface area contributed by atoms with Gasteiger partial charge in [0.25, 0.3) is 5.91 Å². The Bertz CT molecular complexity index is 1720. The van der Waals surface area contributed by atoms with Crippen LogP contribution >= 0.6 is 12.2 Å². The minimum atomic E-state index is -0.188. The van der Waals surface area contributed by atoms with Crippen LogP contribution in [0.4, 0.5) is 11.6 Å². The van der Waals surface area contributed by atoms with E-state index in [0.717, 1.165) is 64.5 Å². The van der Waals surface area contributed by atoms with Crippen molar-refractivity contribution in [2.24, 2.45) is 0 Å². The minimum Gasteiger partial charge on any atom is -0.493 e. The quantitative estimate of drug-likeness (QED) is 0.276. The Kier molecular flexibility index (Phi) is 7.34. The van der Waals surface area contributed by atoms with Gasteiger partial charge >= 0.3 is 0 Å². The van der Waals surface area contributed by atoms with Crippen molar-refractivity contribution in [2.45, 2.75) is 6.42 Å². The number of pyridine rings is 1. The topological polar surface area (TPSA) is 108 Å². The van der Waals surface area contributed by atoms with Gasteiger partial charge < -0.3 is 29.6 Å². The number of carbonyl (C=O) groups excluding carboxylic acids is 1. The molecule has 0 unspecified atom stereocenters. The van der Waals surface area contributed by atoms with E-state index in [1.54, 1.807) is 38.9 Å². The summed E-state index contributed by atoms with van der Waals surface area (Å²) in [4.78, 5) is 34.7. The van der Waals surface area contributed by atoms with Crippen molar-refractivity contribution in [1.82, 2.24) is 24.8 Å². The van der Waals surface area contributed by atoms with E-state index in [1.807, 2.05) is 42.5 Å². The number of methoxy groups -OCH3 is 2. The summed E-state index contributed by atoms with van der Waals surface area (Å²) in [7, 11) is 3.26. The fourth-order valence-corrected chi connectivity index (χ4v) is 5.46. The van der Waals surface area contributed by atoms with Gasteiger partial charge in [-0.3, -0.25) is 4.79 Å². The van der Waals surface area contributed by atoms with Crippen molar-refractivity contribution in [3.63, 3.8) is 0 Å². The highest BCUT2D eigenvalue weighted by Gasteiger charge is 2.24. The summed E-state index contributed by atoms with van der Waals surface area (Å²) in [6.07, 6.45) is 3.97. The molecule has 2 aromatic carbocycles. The van der Waals surface area contributed by atoms with Crippen molar-refractivity contribution in [1.29, 1.82) is 0 Å². The Hall–Kier alpha value is -4.77. The molecule has 0 spiro atoms. The third kappa shape index (κ3) is 5.36. The lowest BCUT2D eigenvalue weighted by molar-refractivity contribution is 0.102. The number of amides is 1. The van der Waals surface area contributed by atoms with Crippen molar-refractivity contribution in [3.8, 4) is 11.5 Å². The molecule has 0 atom stereocenters. The van der Waals surface area contributed by atoms with Crippen LogP contribution < -0.4 is 19.7 Å². The second-order valence-electron chi connectivity index (χ2n) is 9.72. The molecular formula is C30H29N7O3S. The number of carbonyl (C=O) groups is 1. The molecule has 0 bridgehead atoms. The van der Waals surface area contributed by atoms with Crippen LogP contribution in [0.25, 0.3) is 21.9 Å². The first-order valence-electron chi connectivity index (χ1n) is 13.3. The molecule has 2 N–H and O–H groups in total. The van der Waals surface area contributed by atoms with E-state index in [1.165, 1.54) is 0 Å². The van der Waals surface area contributed by atoms with Gasteiger partial charge in [0, 0.05) is 55.8 Å². The van der Waals surface area contributed by atoms with Crippen LogP contribution in [0.2, 0.25) is 0 Å². The normalized spacial score (nSPS) is 13.4. The van der Waals surface area contributed by atoms with Crippen molar-refractivity contribution < 1.29 is 14.3 Å². The standard InChI is InChI=1S/C30H29N7O3S/c1-39-23-15-21-22(16-24(23)40-2)34-28-27(21)29(33-18-32-28)37-12-10-36(11-13-37)26(41)14-19-8-9-25(31-17-19)35-30(38)20-6-4-3-5-7-20/h3-9,15-18H,10-14H2,1-2H3,(H,31,35,38)(H,32,33,34). The highest BCUT2D eigenvalue weighted by atomic mass is 32.1. The molecule has 11 heteroatoms. The predicted octanol–water partition coefficient (Wildman–Crippen LogP) is 4.47. The van der Waals surface area contributed by atoms with E-state index in [4.69, 9.17) is 21.7 Å². The van der Waals surface area contributed by atoms with Gasteiger partial charge in [0.2, 0.25) is 0 Å². The third-order valence-corrected chi connectivity index (χ3v) is 7.67. The van der Waals surface area contributed by atoms with E-state index in [9.17, 15) is 4.79 Å². The third-order valence-electron chi connectivity index (χ3n) is 7.26. The Morgan fingerprint density at radius 3 is 2.44 bits per heavy atom. The summed E-state index contributed by atoms with van der Waals surface area (Å²) in [6.45, 7) is 3.11. The first-order chi connectivity index (χ1) is 20.0. The van der Waals surface area contributed by atoms with Crippen molar-refractivity contribution >= 4 is 56.7 Å². The monoisotopic (exact) mass is 567 g/mol. The molecule has 6 rings (SSSR count). The van der Waals surface area contributed by atoms with Gasteiger partial charge in [-0.2, -0.15) is 0 Å². The fraction of sp³-hybridized carbons (Fsp3) is 0.233. The maximum absolute atomic E-state index is 12.4. The largest absolute Gasteiger partial charge is 0.493 e. The molecule has 41 heavy (non-hydrogen) atoms. The Morgan fingerprint density at radius 2 is 1.73 bits per heavy atom. The molecule has 1 aliphatic heterocycles. The summed E-state index contributed by atoms with van der Waals surface area (Å²) >= 11 is 5.81. The number of benzene rings is 2. The molecule has 5 aromatic rings. The number of H-pyrrole nitrogens is 1. The van der Waals surface area contributed by atoms with Gasteiger partial charge in [0.15, 0.2) is 11.5 Å². The number of nitrogens with zero attached hydrogens (tertiary/aromatic N) is 5. The number of hydrogen-bond acceptors (Lipinski definition) is 8. The lowest BCUT2D eigenvalue weighted by Gasteiger charge is -2.37. The van der Waals surface area contributed by atoms with Crippen LogP contribution in [0.1, 0.15) is 15.9 Å². The number of aromatic nitrogens is 4. The maximum Gasteiger partial charge on any atom is 0.256 e. The number of thiocarbonyl (C=S) groups is 1. The molecule has 1 amide bonds. The molecule has 4 heterocycles. The average molecular weight is 568 g/mol. The predicted molar refractivity (Wildman–Crippen MR) is 163 cm³/mol. The number of piperazine rings is 1. The Balaban J connectivity index is 1.11. The lowest BCUT2D eigenvalue weighted by atomic mass is 10.1. The molecule has 208 valence electrons. The van der Waals surface area contributed by atoms with Crippen molar-refractivity contribution in [3.05, 3.63) is 78.2 Å². The van der Waals surface area contributed by atoms with E-state index < -0.39 is 0 Å². The smallest absolute Gasteiger partial charge is 0.256 e. The zero-order valence-corrected chi connectivity index (χ0v) is 23.6. The van der Waals surface area contributed by atoms with Gasteiger partial charge in [-0.15, -0.1) is 0 Å². The number of fused-ring (bicyclic) bond motifs is 3. The molecule has 10 nitrogen and oxygen atoms in total. The number of hydrogen-bond donors (Lipinski definition) is 2. The summed E-state index contributed by atoms with van der Waals surface area (Å²) < 4.78 is 11.0. The summed E-state index contributed by atoms with van der Waals surface area (Å²) in [6, 6.07) is 16.7. The molecule has 1 fully saturated rings. The lowest BCUT2D eigenvalue weighted by Crippen LogP contribution is -2.49. The first-order valence-corrected chi connectivity index (χ1v) is 13.7. The summed E-state index contributed by atoms with van der Waals surface area (Å²) in [5.41, 5.74) is 3.27. The maximum atomic E-state index is 12.4. The van der Waals surface area contributed by atoms with Gasteiger partial charge in [-0.25, -0.2) is 15.0 Å². The van der Waals surface area contributed by atoms with Gasteiger partial charge in [0.1, 0.15) is 23.6 Å². The van der Waals surface area contributed by atoms with E-state index in [0.29, 0.717) is 29.3 Å².